The Morgan fingerprint density at radius 2 is 2.06 bits per heavy atom. The Labute approximate surface area is 96.8 Å². The largest absolute Gasteiger partial charge is 0.364 e. The molecule has 0 spiro atoms. The first-order valence-corrected chi connectivity index (χ1v) is 4.92. The molecule has 2 aromatic rings. The number of aromatic nitrogens is 3. The van der Waals surface area contributed by atoms with Crippen molar-refractivity contribution in [1.29, 1.82) is 0 Å². The molecule has 2 rings (SSSR count). The van der Waals surface area contributed by atoms with E-state index in [-0.39, 0.29) is 11.3 Å². The van der Waals surface area contributed by atoms with Gasteiger partial charge in [0.25, 0.3) is 11.5 Å². The molecule has 2 aromatic heterocycles. The molecule has 0 aliphatic heterocycles. The van der Waals surface area contributed by atoms with Gasteiger partial charge in [-0.1, -0.05) is 0 Å². The summed E-state index contributed by atoms with van der Waals surface area (Å²) in [5.74, 6) is -0.710. The maximum atomic E-state index is 11.6. The van der Waals surface area contributed by atoms with Crippen LogP contribution < -0.4 is 11.3 Å². The lowest BCUT2D eigenvalue weighted by molar-refractivity contribution is 0.0995. The number of hydrogen-bond donors (Lipinski definition) is 1. The van der Waals surface area contributed by atoms with Crippen molar-refractivity contribution in [2.45, 2.75) is 6.54 Å². The summed E-state index contributed by atoms with van der Waals surface area (Å²) in [4.78, 5) is 30.2. The lowest BCUT2D eigenvalue weighted by atomic mass is 10.2. The molecule has 0 atom stereocenters. The first-order chi connectivity index (χ1) is 8.16. The quantitative estimate of drug-likeness (QED) is 0.789. The molecule has 0 radical (unpaired) electrons. The Balaban J connectivity index is 2.29. The summed E-state index contributed by atoms with van der Waals surface area (Å²) in [6.45, 7) is 0.382. The van der Waals surface area contributed by atoms with Crippen LogP contribution in [0.2, 0.25) is 0 Å². The molecule has 0 bridgehead atoms. The maximum absolute atomic E-state index is 11.6. The number of carbonyl (C=O) groups excluding carboxylic acids is 1. The van der Waals surface area contributed by atoms with Crippen molar-refractivity contribution in [2.75, 3.05) is 0 Å². The highest BCUT2D eigenvalue weighted by Gasteiger charge is 2.05. The topological polar surface area (TPSA) is 90.9 Å². The highest BCUT2D eigenvalue weighted by Crippen LogP contribution is 1.98. The Hall–Kier alpha value is -2.50. The summed E-state index contributed by atoms with van der Waals surface area (Å²) in [6, 6.07) is 4.73. The van der Waals surface area contributed by atoms with Gasteiger partial charge in [-0.15, -0.1) is 0 Å². The van der Waals surface area contributed by atoms with Crippen molar-refractivity contribution < 1.29 is 4.79 Å². The van der Waals surface area contributed by atoms with Gasteiger partial charge in [-0.3, -0.25) is 19.1 Å². The number of rotatable bonds is 3. The fourth-order valence-electron chi connectivity index (χ4n) is 1.36. The van der Waals surface area contributed by atoms with Gasteiger partial charge in [0.05, 0.1) is 12.9 Å². The van der Waals surface area contributed by atoms with Gasteiger partial charge < -0.3 is 5.73 Å². The fraction of sp³-hybridized carbons (Fsp3) is 0.0909. The van der Waals surface area contributed by atoms with E-state index in [1.165, 1.54) is 10.9 Å². The van der Waals surface area contributed by atoms with Crippen molar-refractivity contribution >= 4 is 5.91 Å². The Kier molecular flexibility index (Phi) is 2.95. The first kappa shape index (κ1) is 11.0. The molecule has 0 unspecified atom stereocenters. The van der Waals surface area contributed by atoms with Crippen LogP contribution in [-0.4, -0.2) is 20.4 Å². The fourth-order valence-corrected chi connectivity index (χ4v) is 1.36. The van der Waals surface area contributed by atoms with Crippen LogP contribution in [-0.2, 0) is 6.54 Å². The van der Waals surface area contributed by atoms with Crippen LogP contribution in [0.3, 0.4) is 0 Å². The summed E-state index contributed by atoms with van der Waals surface area (Å²) in [6.07, 6.45) is 4.60. The molecule has 2 N–H and O–H groups in total. The number of primary amides is 1. The van der Waals surface area contributed by atoms with Gasteiger partial charge in [0.2, 0.25) is 0 Å². The lowest BCUT2D eigenvalue weighted by Gasteiger charge is -2.04. The van der Waals surface area contributed by atoms with E-state index in [0.717, 1.165) is 11.6 Å². The molecule has 6 nitrogen and oxygen atoms in total. The molecule has 17 heavy (non-hydrogen) atoms. The van der Waals surface area contributed by atoms with Gasteiger partial charge in [-0.05, 0) is 17.7 Å². The third kappa shape index (κ3) is 2.54. The molecule has 0 aliphatic rings. The average Bonchev–Trinajstić information content (AvgIpc) is 2.33. The van der Waals surface area contributed by atoms with E-state index in [2.05, 4.69) is 9.97 Å². The van der Waals surface area contributed by atoms with Gasteiger partial charge >= 0.3 is 0 Å². The third-order valence-corrected chi connectivity index (χ3v) is 2.23. The number of nitrogens with zero attached hydrogens (tertiary/aromatic N) is 3. The number of carbonyl (C=O) groups is 1. The van der Waals surface area contributed by atoms with Crippen LogP contribution in [0.15, 0.2) is 41.7 Å². The summed E-state index contributed by atoms with van der Waals surface area (Å²) >= 11 is 0. The average molecular weight is 230 g/mol. The molecular formula is C11H10N4O2. The second-order valence-corrected chi connectivity index (χ2v) is 3.46. The van der Waals surface area contributed by atoms with Crippen molar-refractivity contribution in [2.24, 2.45) is 5.73 Å². The molecule has 0 saturated carbocycles. The summed E-state index contributed by atoms with van der Waals surface area (Å²) in [5.41, 5.74) is 5.61. The van der Waals surface area contributed by atoms with Gasteiger partial charge in [0.1, 0.15) is 5.69 Å². The van der Waals surface area contributed by atoms with Gasteiger partial charge in [-0.25, -0.2) is 4.98 Å². The van der Waals surface area contributed by atoms with Crippen LogP contribution in [0.5, 0.6) is 0 Å². The predicted octanol–water partition coefficient (Wildman–Crippen LogP) is -0.215. The van der Waals surface area contributed by atoms with Crippen molar-refractivity contribution in [3.63, 3.8) is 0 Å². The van der Waals surface area contributed by atoms with Gasteiger partial charge in [0.15, 0.2) is 0 Å². The van der Waals surface area contributed by atoms with E-state index in [1.54, 1.807) is 24.5 Å². The summed E-state index contributed by atoms with van der Waals surface area (Å²) < 4.78 is 1.39. The Bertz CT molecular complexity index is 592. The number of hydrogen-bond acceptors (Lipinski definition) is 4. The van der Waals surface area contributed by atoms with E-state index in [9.17, 15) is 9.59 Å². The highest BCUT2D eigenvalue weighted by atomic mass is 16.1. The zero-order valence-electron chi connectivity index (χ0n) is 8.91. The van der Waals surface area contributed by atoms with Crippen LogP contribution >= 0.6 is 0 Å². The van der Waals surface area contributed by atoms with Crippen molar-refractivity contribution in [1.82, 2.24) is 14.5 Å². The molecule has 0 aromatic carbocycles. The van der Waals surface area contributed by atoms with Gasteiger partial charge in [0, 0.05) is 18.5 Å². The van der Waals surface area contributed by atoms with Gasteiger partial charge in [-0.2, -0.15) is 0 Å². The third-order valence-electron chi connectivity index (χ3n) is 2.23. The number of amides is 1. The lowest BCUT2D eigenvalue weighted by Crippen LogP contribution is -2.24. The van der Waals surface area contributed by atoms with Crippen LogP contribution in [0.1, 0.15) is 16.1 Å². The Morgan fingerprint density at radius 1 is 1.35 bits per heavy atom. The van der Waals surface area contributed by atoms with Crippen molar-refractivity contribution in [3.05, 3.63) is 58.5 Å². The normalized spacial score (nSPS) is 10.1. The molecule has 2 heterocycles. The molecule has 0 aliphatic carbocycles. The molecule has 0 fully saturated rings. The van der Waals surface area contributed by atoms with E-state index in [4.69, 9.17) is 5.73 Å². The smallest absolute Gasteiger partial charge is 0.267 e. The zero-order chi connectivity index (χ0) is 12.3. The second kappa shape index (κ2) is 4.56. The molecule has 0 saturated heterocycles. The Morgan fingerprint density at radius 3 is 2.65 bits per heavy atom. The van der Waals surface area contributed by atoms with Crippen LogP contribution in [0, 0.1) is 0 Å². The molecular weight excluding hydrogens is 220 g/mol. The summed E-state index contributed by atoms with van der Waals surface area (Å²) in [7, 11) is 0. The van der Waals surface area contributed by atoms with Crippen molar-refractivity contribution in [3.8, 4) is 0 Å². The predicted molar refractivity (Wildman–Crippen MR) is 60.4 cm³/mol. The van der Waals surface area contributed by atoms with Crippen LogP contribution in [0.4, 0.5) is 0 Å². The summed E-state index contributed by atoms with van der Waals surface area (Å²) in [5, 5.41) is 0. The monoisotopic (exact) mass is 230 g/mol. The molecule has 86 valence electrons. The maximum Gasteiger partial charge on any atom is 0.267 e. The molecule has 1 amide bonds. The van der Waals surface area contributed by atoms with E-state index in [1.807, 2.05) is 0 Å². The minimum Gasteiger partial charge on any atom is -0.364 e. The van der Waals surface area contributed by atoms with E-state index >= 15 is 0 Å². The SMILES string of the molecule is NC(=O)c1cc(=O)n(Cc2ccncc2)cn1. The number of pyridine rings is 1. The van der Waals surface area contributed by atoms with Crippen LogP contribution in [0.25, 0.3) is 0 Å². The zero-order valence-corrected chi connectivity index (χ0v) is 8.91. The first-order valence-electron chi connectivity index (χ1n) is 4.92. The van der Waals surface area contributed by atoms with E-state index < -0.39 is 5.91 Å². The number of nitrogens with two attached hydrogens (primary N) is 1. The molecule has 6 heteroatoms. The van der Waals surface area contributed by atoms with E-state index in [0.29, 0.717) is 6.54 Å². The second-order valence-electron chi connectivity index (χ2n) is 3.46. The standard InChI is InChI=1S/C11H10N4O2/c12-11(17)9-5-10(16)15(7-14-9)6-8-1-3-13-4-2-8/h1-5,7H,6H2,(H2,12,17). The minimum atomic E-state index is -0.710. The highest BCUT2D eigenvalue weighted by molar-refractivity contribution is 5.90. The minimum absolute atomic E-state index is 0.0269.